The van der Waals surface area contributed by atoms with E-state index in [1.54, 1.807) is 17.2 Å². The van der Waals surface area contributed by atoms with E-state index in [-0.39, 0.29) is 6.04 Å². The summed E-state index contributed by atoms with van der Waals surface area (Å²) in [5.74, 6) is 0.786. The molecule has 0 radical (unpaired) electrons. The number of carbonyl (C=O) groups is 1. The van der Waals surface area contributed by atoms with E-state index in [9.17, 15) is 4.79 Å². The van der Waals surface area contributed by atoms with E-state index in [1.165, 1.54) is 0 Å². The fourth-order valence-corrected chi connectivity index (χ4v) is 4.06. The number of amides is 1. The van der Waals surface area contributed by atoms with Gasteiger partial charge in [-0.2, -0.15) is 5.10 Å². The molecule has 2 aromatic heterocycles. The first-order valence-electron chi connectivity index (χ1n) is 9.09. The number of hydrogen-bond acceptors (Lipinski definition) is 5. The molecule has 1 unspecified atom stereocenters. The number of hydrogen-bond donors (Lipinski definition) is 0. The van der Waals surface area contributed by atoms with Crippen molar-refractivity contribution >= 4 is 46.6 Å². The molecule has 1 aliphatic heterocycles. The lowest BCUT2D eigenvalue weighted by Crippen LogP contribution is -2.46. The van der Waals surface area contributed by atoms with E-state index in [1.807, 2.05) is 30.7 Å². The van der Waals surface area contributed by atoms with E-state index in [0.717, 1.165) is 42.1 Å². The number of benzene rings is 1. The smallest absolute Gasteiger partial charge is 0.209 e. The Balaban J connectivity index is 1.72. The minimum absolute atomic E-state index is 0.127. The lowest BCUT2D eigenvalue weighted by atomic mass is 10.1. The van der Waals surface area contributed by atoms with Crippen LogP contribution in [0.5, 0.6) is 0 Å². The van der Waals surface area contributed by atoms with Crippen molar-refractivity contribution in [2.24, 2.45) is 0 Å². The van der Waals surface area contributed by atoms with Crippen LogP contribution in [0, 0.1) is 6.92 Å². The van der Waals surface area contributed by atoms with Crippen LogP contribution in [0.25, 0.3) is 11.2 Å². The van der Waals surface area contributed by atoms with Crippen LogP contribution in [0.2, 0.25) is 10.0 Å². The molecule has 0 bridgehead atoms. The number of piperazine rings is 1. The Morgan fingerprint density at radius 1 is 1.18 bits per heavy atom. The van der Waals surface area contributed by atoms with Crippen LogP contribution in [0.3, 0.4) is 0 Å². The molecule has 3 heterocycles. The summed E-state index contributed by atoms with van der Waals surface area (Å²) < 4.78 is 1.86. The average molecular weight is 419 g/mol. The summed E-state index contributed by atoms with van der Waals surface area (Å²) in [4.78, 5) is 24.3. The molecule has 1 aliphatic rings. The zero-order valence-electron chi connectivity index (χ0n) is 15.6. The third kappa shape index (κ3) is 3.40. The molecule has 4 rings (SSSR count). The van der Waals surface area contributed by atoms with Gasteiger partial charge in [-0.3, -0.25) is 4.79 Å². The van der Waals surface area contributed by atoms with Gasteiger partial charge in [-0.25, -0.2) is 14.6 Å². The third-order valence-electron chi connectivity index (χ3n) is 5.13. The second kappa shape index (κ2) is 7.56. The Labute approximate surface area is 172 Å². The van der Waals surface area contributed by atoms with Gasteiger partial charge in [0, 0.05) is 36.2 Å². The average Bonchev–Trinajstić information content (AvgIpc) is 3.03. The SMILES string of the molecule is Cc1nn(C(C)c2ccc(Cl)cc2Cl)c2nc(N3CCN(C=O)CC3)cnc12. The molecule has 0 saturated carbocycles. The maximum Gasteiger partial charge on any atom is 0.209 e. The first kappa shape index (κ1) is 19.0. The van der Waals surface area contributed by atoms with Crippen LogP contribution >= 0.6 is 23.2 Å². The zero-order valence-corrected chi connectivity index (χ0v) is 17.2. The van der Waals surface area contributed by atoms with Gasteiger partial charge >= 0.3 is 0 Å². The number of rotatable bonds is 4. The highest BCUT2D eigenvalue weighted by atomic mass is 35.5. The highest BCUT2D eigenvalue weighted by Crippen LogP contribution is 2.31. The quantitative estimate of drug-likeness (QED) is 0.607. The molecule has 1 fully saturated rings. The van der Waals surface area contributed by atoms with Crippen molar-refractivity contribution in [3.63, 3.8) is 0 Å². The highest BCUT2D eigenvalue weighted by Gasteiger charge is 2.22. The van der Waals surface area contributed by atoms with Gasteiger partial charge in [-0.1, -0.05) is 29.3 Å². The monoisotopic (exact) mass is 418 g/mol. The summed E-state index contributed by atoms with van der Waals surface area (Å²) >= 11 is 12.4. The fraction of sp³-hybridized carbons (Fsp3) is 0.368. The van der Waals surface area contributed by atoms with Crippen LogP contribution in [0.4, 0.5) is 5.82 Å². The Kier molecular flexibility index (Phi) is 5.12. The number of halogens is 2. The maximum atomic E-state index is 10.9. The molecule has 0 aliphatic carbocycles. The molecule has 3 aromatic rings. The second-order valence-corrected chi connectivity index (χ2v) is 7.74. The Bertz CT molecular complexity index is 1030. The van der Waals surface area contributed by atoms with Gasteiger partial charge < -0.3 is 9.80 Å². The molecule has 1 atom stereocenters. The fourth-order valence-electron chi connectivity index (χ4n) is 3.49. The summed E-state index contributed by atoms with van der Waals surface area (Å²) in [7, 11) is 0. The predicted octanol–water partition coefficient (Wildman–Crippen LogP) is 3.33. The van der Waals surface area contributed by atoms with Crippen molar-refractivity contribution in [1.82, 2.24) is 24.6 Å². The van der Waals surface area contributed by atoms with Crippen molar-refractivity contribution in [2.45, 2.75) is 19.9 Å². The maximum absolute atomic E-state index is 10.9. The van der Waals surface area contributed by atoms with E-state index in [2.05, 4.69) is 15.0 Å². The number of carbonyl (C=O) groups excluding carboxylic acids is 1. The molecule has 7 nitrogen and oxygen atoms in total. The van der Waals surface area contributed by atoms with Crippen molar-refractivity contribution in [1.29, 1.82) is 0 Å². The van der Waals surface area contributed by atoms with Crippen molar-refractivity contribution in [3.05, 3.63) is 45.7 Å². The lowest BCUT2D eigenvalue weighted by Gasteiger charge is -2.33. The minimum atomic E-state index is -0.127. The molecule has 0 N–H and O–H groups in total. The zero-order chi connectivity index (χ0) is 19.8. The number of nitrogens with zero attached hydrogens (tertiary/aromatic N) is 6. The number of fused-ring (bicyclic) bond motifs is 1. The molecular weight excluding hydrogens is 399 g/mol. The van der Waals surface area contributed by atoms with E-state index in [4.69, 9.17) is 28.2 Å². The van der Waals surface area contributed by atoms with Gasteiger partial charge in [0.15, 0.2) is 5.65 Å². The second-order valence-electron chi connectivity index (χ2n) is 6.90. The Hall–Kier alpha value is -2.38. The van der Waals surface area contributed by atoms with Gasteiger partial charge in [-0.05, 0) is 31.5 Å². The van der Waals surface area contributed by atoms with E-state index >= 15 is 0 Å². The van der Waals surface area contributed by atoms with E-state index in [0.29, 0.717) is 28.8 Å². The summed E-state index contributed by atoms with van der Waals surface area (Å²) in [6.07, 6.45) is 2.67. The largest absolute Gasteiger partial charge is 0.352 e. The normalized spacial score (nSPS) is 15.9. The molecular formula is C19H20Cl2N6O. The third-order valence-corrected chi connectivity index (χ3v) is 5.69. The minimum Gasteiger partial charge on any atom is -0.352 e. The summed E-state index contributed by atoms with van der Waals surface area (Å²) in [5.41, 5.74) is 3.22. The standard InChI is InChI=1S/C19H20Cl2N6O/c1-12-18-19(23-17(10-22-18)26-7-5-25(11-28)6-8-26)27(24-12)13(2)15-4-3-14(20)9-16(15)21/h3-4,9-11,13H,5-8H2,1-2H3. The Morgan fingerprint density at radius 2 is 1.93 bits per heavy atom. The van der Waals surface area contributed by atoms with Gasteiger partial charge in [-0.15, -0.1) is 0 Å². The molecule has 28 heavy (non-hydrogen) atoms. The van der Waals surface area contributed by atoms with Crippen LogP contribution in [-0.4, -0.2) is 57.2 Å². The molecule has 1 amide bonds. The van der Waals surface area contributed by atoms with Gasteiger partial charge in [0.25, 0.3) is 0 Å². The van der Waals surface area contributed by atoms with Crippen LogP contribution in [-0.2, 0) is 4.79 Å². The Morgan fingerprint density at radius 3 is 2.61 bits per heavy atom. The topological polar surface area (TPSA) is 67.2 Å². The summed E-state index contributed by atoms with van der Waals surface area (Å²) in [5, 5.41) is 5.86. The van der Waals surface area contributed by atoms with Crippen LogP contribution in [0.15, 0.2) is 24.4 Å². The molecule has 1 aromatic carbocycles. The van der Waals surface area contributed by atoms with Crippen molar-refractivity contribution < 1.29 is 4.79 Å². The summed E-state index contributed by atoms with van der Waals surface area (Å²) in [6.45, 7) is 6.76. The molecule has 9 heteroatoms. The highest BCUT2D eigenvalue weighted by molar-refractivity contribution is 6.35. The molecule has 1 saturated heterocycles. The molecule has 146 valence electrons. The van der Waals surface area contributed by atoms with Crippen LogP contribution < -0.4 is 4.90 Å². The first-order chi connectivity index (χ1) is 13.5. The van der Waals surface area contributed by atoms with Crippen molar-refractivity contribution in [3.8, 4) is 0 Å². The van der Waals surface area contributed by atoms with Gasteiger partial charge in [0.1, 0.15) is 11.3 Å². The van der Waals surface area contributed by atoms with Gasteiger partial charge in [0.2, 0.25) is 6.41 Å². The summed E-state index contributed by atoms with van der Waals surface area (Å²) in [6, 6.07) is 5.34. The molecule has 0 spiro atoms. The van der Waals surface area contributed by atoms with Gasteiger partial charge in [0.05, 0.1) is 17.9 Å². The van der Waals surface area contributed by atoms with Crippen molar-refractivity contribution in [2.75, 3.05) is 31.1 Å². The first-order valence-corrected chi connectivity index (χ1v) is 9.84. The number of aromatic nitrogens is 4. The number of aryl methyl sites for hydroxylation is 1. The number of anilines is 1. The van der Waals surface area contributed by atoms with Crippen LogP contribution in [0.1, 0.15) is 24.2 Å². The lowest BCUT2D eigenvalue weighted by molar-refractivity contribution is -0.118. The van der Waals surface area contributed by atoms with E-state index < -0.39 is 0 Å². The predicted molar refractivity (Wildman–Crippen MR) is 110 cm³/mol.